The first-order valence-electron chi connectivity index (χ1n) is 5.96. The van der Waals surface area contributed by atoms with Gasteiger partial charge in [-0.2, -0.15) is 0 Å². The molecule has 0 saturated heterocycles. The van der Waals surface area contributed by atoms with Crippen molar-refractivity contribution >= 4 is 10.8 Å². The van der Waals surface area contributed by atoms with E-state index >= 15 is 0 Å². The maximum absolute atomic E-state index is 5.49. The van der Waals surface area contributed by atoms with E-state index in [-0.39, 0.29) is 0 Å². The number of hydrogen-bond donors (Lipinski definition) is 0. The highest BCUT2D eigenvalue weighted by Gasteiger charge is 2.15. The van der Waals surface area contributed by atoms with Gasteiger partial charge in [0.05, 0.1) is 21.3 Å². The summed E-state index contributed by atoms with van der Waals surface area (Å²) in [6.07, 6.45) is 0.993. The van der Waals surface area contributed by atoms with Crippen LogP contribution in [-0.2, 0) is 6.42 Å². The lowest BCUT2D eigenvalue weighted by Gasteiger charge is -2.15. The van der Waals surface area contributed by atoms with Crippen LogP contribution < -0.4 is 14.2 Å². The molecule has 0 amide bonds. The van der Waals surface area contributed by atoms with Gasteiger partial charge in [-0.3, -0.25) is 0 Å². The lowest BCUT2D eigenvalue weighted by atomic mass is 10.0. The Morgan fingerprint density at radius 3 is 2.17 bits per heavy atom. The van der Waals surface area contributed by atoms with Crippen molar-refractivity contribution in [2.45, 2.75) is 13.3 Å². The molecule has 0 aromatic heterocycles. The topological polar surface area (TPSA) is 27.7 Å². The highest BCUT2D eigenvalue weighted by Crippen LogP contribution is 2.43. The smallest absolute Gasteiger partial charge is 0.203 e. The molecule has 0 aliphatic carbocycles. The van der Waals surface area contributed by atoms with E-state index in [0.29, 0.717) is 11.5 Å². The molecular formula is C15H18O3. The van der Waals surface area contributed by atoms with Crippen molar-refractivity contribution in [2.75, 3.05) is 21.3 Å². The van der Waals surface area contributed by atoms with Crippen LogP contribution in [-0.4, -0.2) is 21.3 Å². The molecule has 0 atom stereocenters. The summed E-state index contributed by atoms with van der Waals surface area (Å²) in [4.78, 5) is 0. The van der Waals surface area contributed by atoms with Crippen LogP contribution >= 0.6 is 0 Å². The van der Waals surface area contributed by atoms with Gasteiger partial charge in [-0.15, -0.1) is 0 Å². The van der Waals surface area contributed by atoms with E-state index in [2.05, 4.69) is 25.1 Å². The van der Waals surface area contributed by atoms with Crippen LogP contribution in [0.2, 0.25) is 0 Å². The molecule has 0 unspecified atom stereocenters. The first-order valence-corrected chi connectivity index (χ1v) is 5.96. The highest BCUT2D eigenvalue weighted by atomic mass is 16.5. The zero-order chi connectivity index (χ0) is 13.1. The van der Waals surface area contributed by atoms with Gasteiger partial charge >= 0.3 is 0 Å². The minimum Gasteiger partial charge on any atom is -0.493 e. The van der Waals surface area contributed by atoms with Gasteiger partial charge in [0.2, 0.25) is 5.75 Å². The van der Waals surface area contributed by atoms with Crippen LogP contribution in [0.25, 0.3) is 10.8 Å². The molecule has 2 aromatic carbocycles. The molecule has 0 aliphatic heterocycles. The van der Waals surface area contributed by atoms with Crippen molar-refractivity contribution < 1.29 is 14.2 Å². The maximum atomic E-state index is 5.49. The first-order chi connectivity index (χ1) is 8.74. The van der Waals surface area contributed by atoms with Crippen molar-refractivity contribution in [3.63, 3.8) is 0 Å². The van der Waals surface area contributed by atoms with E-state index in [1.54, 1.807) is 21.3 Å². The Balaban J connectivity index is 2.79. The summed E-state index contributed by atoms with van der Waals surface area (Å²) >= 11 is 0. The fourth-order valence-electron chi connectivity index (χ4n) is 2.13. The van der Waals surface area contributed by atoms with Crippen molar-refractivity contribution in [3.05, 3.63) is 29.8 Å². The summed E-state index contributed by atoms with van der Waals surface area (Å²) in [6.45, 7) is 2.13. The minimum atomic E-state index is 0.640. The van der Waals surface area contributed by atoms with Gasteiger partial charge in [-0.1, -0.05) is 19.1 Å². The Kier molecular flexibility index (Phi) is 3.60. The standard InChI is InChI=1S/C15H18O3/c1-5-10-6-7-11-9-13(16-2)15(18-4)14(17-3)12(11)8-10/h6-9H,5H2,1-4H3. The molecule has 0 aliphatic rings. The number of fused-ring (bicyclic) bond motifs is 1. The molecule has 0 N–H and O–H groups in total. The van der Waals surface area contributed by atoms with Gasteiger partial charge in [0.15, 0.2) is 11.5 Å². The van der Waals surface area contributed by atoms with Crippen LogP contribution in [0.15, 0.2) is 24.3 Å². The lowest BCUT2D eigenvalue weighted by Crippen LogP contribution is -1.96. The van der Waals surface area contributed by atoms with Gasteiger partial charge in [0, 0.05) is 5.39 Å². The highest BCUT2D eigenvalue weighted by molar-refractivity contribution is 5.93. The van der Waals surface area contributed by atoms with E-state index in [0.717, 1.165) is 22.9 Å². The van der Waals surface area contributed by atoms with E-state index < -0.39 is 0 Å². The molecule has 2 rings (SSSR count). The Morgan fingerprint density at radius 2 is 1.61 bits per heavy atom. The van der Waals surface area contributed by atoms with Crippen LogP contribution in [0.3, 0.4) is 0 Å². The predicted octanol–water partition coefficient (Wildman–Crippen LogP) is 3.43. The molecule has 18 heavy (non-hydrogen) atoms. The van der Waals surface area contributed by atoms with E-state index in [9.17, 15) is 0 Å². The Bertz CT molecular complexity index is 561. The zero-order valence-electron chi connectivity index (χ0n) is 11.2. The van der Waals surface area contributed by atoms with E-state index in [1.807, 2.05) is 6.07 Å². The van der Waals surface area contributed by atoms with Crippen LogP contribution in [0.4, 0.5) is 0 Å². The van der Waals surface area contributed by atoms with Crippen LogP contribution in [0.1, 0.15) is 12.5 Å². The zero-order valence-corrected chi connectivity index (χ0v) is 11.2. The number of aryl methyl sites for hydroxylation is 1. The largest absolute Gasteiger partial charge is 0.493 e. The lowest BCUT2D eigenvalue weighted by molar-refractivity contribution is 0.327. The van der Waals surface area contributed by atoms with Crippen molar-refractivity contribution in [1.82, 2.24) is 0 Å². The summed E-state index contributed by atoms with van der Waals surface area (Å²) in [6, 6.07) is 8.30. The predicted molar refractivity (Wildman–Crippen MR) is 73.0 cm³/mol. The summed E-state index contributed by atoms with van der Waals surface area (Å²) in [7, 11) is 4.90. The molecule has 0 saturated carbocycles. The second-order valence-electron chi connectivity index (χ2n) is 4.05. The Hall–Kier alpha value is -1.90. The Morgan fingerprint density at radius 1 is 0.889 bits per heavy atom. The molecule has 0 radical (unpaired) electrons. The molecule has 2 aromatic rings. The normalized spacial score (nSPS) is 10.4. The molecule has 0 bridgehead atoms. The molecule has 3 nitrogen and oxygen atoms in total. The van der Waals surface area contributed by atoms with Crippen LogP contribution in [0, 0.1) is 0 Å². The van der Waals surface area contributed by atoms with Crippen molar-refractivity contribution in [1.29, 1.82) is 0 Å². The number of ether oxygens (including phenoxy) is 3. The molecule has 0 spiro atoms. The third-order valence-electron chi connectivity index (χ3n) is 3.12. The maximum Gasteiger partial charge on any atom is 0.203 e. The number of methoxy groups -OCH3 is 3. The molecule has 0 heterocycles. The van der Waals surface area contributed by atoms with E-state index in [4.69, 9.17) is 14.2 Å². The average molecular weight is 246 g/mol. The minimum absolute atomic E-state index is 0.640. The van der Waals surface area contributed by atoms with Gasteiger partial charge in [-0.25, -0.2) is 0 Å². The summed E-state index contributed by atoms with van der Waals surface area (Å²) in [5.74, 6) is 2.05. The van der Waals surface area contributed by atoms with E-state index in [1.165, 1.54) is 5.56 Å². The number of benzene rings is 2. The van der Waals surface area contributed by atoms with Crippen LogP contribution in [0.5, 0.6) is 17.2 Å². The second kappa shape index (κ2) is 5.17. The first kappa shape index (κ1) is 12.6. The molecule has 0 fully saturated rings. The summed E-state index contributed by atoms with van der Waals surface area (Å²) in [5.41, 5.74) is 1.27. The summed E-state index contributed by atoms with van der Waals surface area (Å²) in [5, 5.41) is 2.14. The fourth-order valence-corrected chi connectivity index (χ4v) is 2.13. The molecule has 3 heteroatoms. The van der Waals surface area contributed by atoms with Crippen molar-refractivity contribution in [2.24, 2.45) is 0 Å². The fraction of sp³-hybridized carbons (Fsp3) is 0.333. The monoisotopic (exact) mass is 246 g/mol. The third-order valence-corrected chi connectivity index (χ3v) is 3.12. The van der Waals surface area contributed by atoms with Gasteiger partial charge in [-0.05, 0) is 29.5 Å². The van der Waals surface area contributed by atoms with Gasteiger partial charge in [0.1, 0.15) is 0 Å². The molecular weight excluding hydrogens is 228 g/mol. The average Bonchev–Trinajstić information content (AvgIpc) is 2.44. The number of hydrogen-bond acceptors (Lipinski definition) is 3. The number of rotatable bonds is 4. The quantitative estimate of drug-likeness (QED) is 0.827. The van der Waals surface area contributed by atoms with Gasteiger partial charge < -0.3 is 14.2 Å². The summed E-state index contributed by atoms with van der Waals surface area (Å²) < 4.78 is 16.2. The van der Waals surface area contributed by atoms with Gasteiger partial charge in [0.25, 0.3) is 0 Å². The molecule has 96 valence electrons. The van der Waals surface area contributed by atoms with Crippen molar-refractivity contribution in [3.8, 4) is 17.2 Å². The SMILES string of the molecule is CCc1ccc2cc(OC)c(OC)c(OC)c2c1. The second-order valence-corrected chi connectivity index (χ2v) is 4.05. The third kappa shape index (κ3) is 1.96. The Labute approximate surface area is 107 Å².